The third-order valence-corrected chi connectivity index (χ3v) is 7.40. The van der Waals surface area contributed by atoms with Crippen molar-refractivity contribution in [3.8, 4) is 0 Å². The SMILES string of the molecule is O=C(C=CC=Cc1ccccn1)NCCCCCCC1CCN(C(c2ccccc2)c2ccccc2)CC1. The standard InChI is InChI=1S/C34H41N3O/c38-33(22-11-10-20-32-21-12-14-25-35-32)36-26-13-2-1-5-15-29-23-27-37(28-24-29)34(30-16-6-3-7-17-30)31-18-8-4-9-19-31/h3-4,6-12,14,16-22,25,29,34H,1-2,5,13,15,23-24,26-28H2,(H,36,38). The van der Waals surface area contributed by atoms with Crippen molar-refractivity contribution < 1.29 is 4.79 Å². The summed E-state index contributed by atoms with van der Waals surface area (Å²) in [5, 5.41) is 2.98. The van der Waals surface area contributed by atoms with E-state index in [1.54, 1.807) is 18.3 Å². The number of pyridine rings is 1. The molecular weight excluding hydrogens is 466 g/mol. The van der Waals surface area contributed by atoms with E-state index >= 15 is 0 Å². The van der Waals surface area contributed by atoms with Crippen molar-refractivity contribution in [2.75, 3.05) is 19.6 Å². The summed E-state index contributed by atoms with van der Waals surface area (Å²) in [6.07, 6.45) is 17.5. The number of aromatic nitrogens is 1. The number of carbonyl (C=O) groups excluding carboxylic acids is 1. The van der Waals surface area contributed by atoms with Gasteiger partial charge in [-0.1, -0.05) is 105 Å². The van der Waals surface area contributed by atoms with Crippen LogP contribution in [-0.4, -0.2) is 35.4 Å². The molecule has 4 rings (SSSR count). The molecule has 0 radical (unpaired) electrons. The predicted molar refractivity (Wildman–Crippen MR) is 158 cm³/mol. The Hall–Kier alpha value is -3.50. The lowest BCUT2D eigenvalue weighted by molar-refractivity contribution is -0.116. The van der Waals surface area contributed by atoms with Crippen molar-refractivity contribution in [1.82, 2.24) is 15.2 Å². The summed E-state index contributed by atoms with van der Waals surface area (Å²) < 4.78 is 0. The number of hydrogen-bond donors (Lipinski definition) is 1. The molecule has 0 unspecified atom stereocenters. The molecular formula is C34H41N3O. The predicted octanol–water partition coefficient (Wildman–Crippen LogP) is 7.22. The summed E-state index contributed by atoms with van der Waals surface area (Å²) in [4.78, 5) is 18.8. The van der Waals surface area contributed by atoms with Gasteiger partial charge in [0.05, 0.1) is 11.7 Å². The van der Waals surface area contributed by atoms with Crippen LogP contribution in [0.15, 0.2) is 103 Å². The van der Waals surface area contributed by atoms with Gasteiger partial charge in [0.25, 0.3) is 0 Å². The van der Waals surface area contributed by atoms with Gasteiger partial charge < -0.3 is 5.32 Å². The van der Waals surface area contributed by atoms with Crippen LogP contribution in [0.3, 0.4) is 0 Å². The second-order valence-corrected chi connectivity index (χ2v) is 10.2. The average molecular weight is 508 g/mol. The second-order valence-electron chi connectivity index (χ2n) is 10.2. The molecule has 1 aromatic heterocycles. The third-order valence-electron chi connectivity index (χ3n) is 7.40. The molecule has 4 heteroatoms. The molecule has 0 aliphatic carbocycles. The molecule has 2 aromatic carbocycles. The zero-order chi connectivity index (χ0) is 26.3. The van der Waals surface area contributed by atoms with Crippen molar-refractivity contribution in [3.05, 3.63) is 120 Å². The highest BCUT2D eigenvalue weighted by atomic mass is 16.1. The summed E-state index contributed by atoms with van der Waals surface area (Å²) in [5.74, 6) is 0.800. The maximum Gasteiger partial charge on any atom is 0.243 e. The van der Waals surface area contributed by atoms with E-state index in [1.807, 2.05) is 30.4 Å². The van der Waals surface area contributed by atoms with E-state index in [2.05, 4.69) is 75.9 Å². The number of allylic oxidation sites excluding steroid dienone is 2. The first-order valence-corrected chi connectivity index (χ1v) is 14.2. The van der Waals surface area contributed by atoms with E-state index in [0.29, 0.717) is 6.04 Å². The molecule has 0 saturated carbocycles. The highest BCUT2D eigenvalue weighted by molar-refractivity contribution is 5.87. The van der Waals surface area contributed by atoms with Gasteiger partial charge in [0, 0.05) is 18.8 Å². The van der Waals surface area contributed by atoms with Crippen LogP contribution in [0, 0.1) is 5.92 Å². The first-order chi connectivity index (χ1) is 18.8. The Morgan fingerprint density at radius 3 is 2.16 bits per heavy atom. The van der Waals surface area contributed by atoms with Gasteiger partial charge in [-0.05, 0) is 67.6 Å². The first kappa shape index (κ1) is 27.5. The molecule has 1 N–H and O–H groups in total. The quantitative estimate of drug-likeness (QED) is 0.151. The molecule has 1 saturated heterocycles. The van der Waals surface area contributed by atoms with Gasteiger partial charge >= 0.3 is 0 Å². The van der Waals surface area contributed by atoms with Crippen molar-refractivity contribution >= 4 is 12.0 Å². The van der Waals surface area contributed by atoms with E-state index < -0.39 is 0 Å². The van der Waals surface area contributed by atoms with E-state index in [9.17, 15) is 4.79 Å². The molecule has 4 nitrogen and oxygen atoms in total. The van der Waals surface area contributed by atoms with Gasteiger partial charge in [-0.25, -0.2) is 0 Å². The largest absolute Gasteiger partial charge is 0.353 e. The van der Waals surface area contributed by atoms with Crippen LogP contribution in [-0.2, 0) is 4.79 Å². The van der Waals surface area contributed by atoms with Crippen molar-refractivity contribution in [1.29, 1.82) is 0 Å². The summed E-state index contributed by atoms with van der Waals surface area (Å²) in [7, 11) is 0. The van der Waals surface area contributed by atoms with Gasteiger partial charge in [-0.2, -0.15) is 0 Å². The fourth-order valence-corrected chi connectivity index (χ4v) is 5.34. The number of amides is 1. The van der Waals surface area contributed by atoms with Gasteiger partial charge in [-0.15, -0.1) is 0 Å². The maximum atomic E-state index is 12.0. The number of benzene rings is 2. The Bertz CT molecular complexity index is 1080. The molecule has 198 valence electrons. The van der Waals surface area contributed by atoms with E-state index in [-0.39, 0.29) is 5.91 Å². The van der Waals surface area contributed by atoms with Gasteiger partial charge in [-0.3, -0.25) is 14.7 Å². The monoisotopic (exact) mass is 507 g/mol. The Labute approximate surface area is 228 Å². The smallest absolute Gasteiger partial charge is 0.243 e. The maximum absolute atomic E-state index is 12.0. The van der Waals surface area contributed by atoms with Crippen molar-refractivity contribution in [2.24, 2.45) is 5.92 Å². The summed E-state index contributed by atoms with van der Waals surface area (Å²) in [6, 6.07) is 28.0. The van der Waals surface area contributed by atoms with Gasteiger partial charge in [0.2, 0.25) is 5.91 Å². The number of unbranched alkanes of at least 4 members (excludes halogenated alkanes) is 3. The van der Waals surface area contributed by atoms with Crippen molar-refractivity contribution in [3.63, 3.8) is 0 Å². The zero-order valence-corrected chi connectivity index (χ0v) is 22.4. The molecule has 1 aliphatic heterocycles. The Morgan fingerprint density at radius 1 is 0.842 bits per heavy atom. The lowest BCUT2D eigenvalue weighted by atomic mass is 9.88. The minimum Gasteiger partial charge on any atom is -0.353 e. The molecule has 1 amide bonds. The van der Waals surface area contributed by atoms with E-state index in [1.165, 1.54) is 49.7 Å². The number of carbonyl (C=O) groups is 1. The van der Waals surface area contributed by atoms with Crippen LogP contribution in [0.25, 0.3) is 6.08 Å². The number of hydrogen-bond acceptors (Lipinski definition) is 3. The Kier molecular flexibility index (Phi) is 11.4. The number of nitrogens with one attached hydrogen (secondary N) is 1. The fraction of sp³-hybridized carbons (Fsp3) is 0.353. The normalized spacial score (nSPS) is 15.0. The van der Waals surface area contributed by atoms with Gasteiger partial charge in [0.15, 0.2) is 0 Å². The first-order valence-electron chi connectivity index (χ1n) is 14.2. The number of likely N-dealkylation sites (tertiary alicyclic amines) is 1. The molecule has 3 aromatic rings. The Balaban J connectivity index is 1.08. The van der Waals surface area contributed by atoms with E-state index in [0.717, 1.165) is 37.7 Å². The fourth-order valence-electron chi connectivity index (χ4n) is 5.34. The van der Waals surface area contributed by atoms with Crippen molar-refractivity contribution in [2.45, 2.75) is 51.0 Å². The Morgan fingerprint density at radius 2 is 1.50 bits per heavy atom. The van der Waals surface area contributed by atoms with Gasteiger partial charge in [0.1, 0.15) is 0 Å². The van der Waals surface area contributed by atoms with E-state index in [4.69, 9.17) is 0 Å². The number of rotatable bonds is 13. The summed E-state index contributed by atoms with van der Waals surface area (Å²) in [5.41, 5.74) is 3.66. The third kappa shape index (κ3) is 9.11. The zero-order valence-electron chi connectivity index (χ0n) is 22.4. The molecule has 0 spiro atoms. The molecule has 0 atom stereocenters. The summed E-state index contributed by atoms with van der Waals surface area (Å²) >= 11 is 0. The van der Waals surface area contributed by atoms with Crippen LogP contribution in [0.4, 0.5) is 0 Å². The van der Waals surface area contributed by atoms with Crippen LogP contribution < -0.4 is 5.32 Å². The minimum atomic E-state index is -0.0354. The topological polar surface area (TPSA) is 45.2 Å². The van der Waals surface area contributed by atoms with Crippen LogP contribution in [0.1, 0.15) is 67.8 Å². The van der Waals surface area contributed by atoms with Crippen LogP contribution in [0.5, 0.6) is 0 Å². The lowest BCUT2D eigenvalue weighted by Crippen LogP contribution is -2.37. The highest BCUT2D eigenvalue weighted by Crippen LogP contribution is 2.33. The van der Waals surface area contributed by atoms with Crippen LogP contribution in [0.2, 0.25) is 0 Å². The molecule has 1 aliphatic rings. The molecule has 1 fully saturated rings. The number of nitrogens with zero attached hydrogens (tertiary/aromatic N) is 2. The molecule has 38 heavy (non-hydrogen) atoms. The highest BCUT2D eigenvalue weighted by Gasteiger charge is 2.27. The number of piperidine rings is 1. The average Bonchev–Trinajstić information content (AvgIpc) is 2.97. The molecule has 2 heterocycles. The second kappa shape index (κ2) is 15.7. The lowest BCUT2D eigenvalue weighted by Gasteiger charge is -2.38. The van der Waals surface area contributed by atoms with Crippen LogP contribution >= 0.6 is 0 Å². The minimum absolute atomic E-state index is 0.0354. The molecule has 0 bridgehead atoms. The summed E-state index contributed by atoms with van der Waals surface area (Å²) in [6.45, 7) is 3.07.